The van der Waals surface area contributed by atoms with Crippen LogP contribution in [0.1, 0.15) is 11.1 Å². The van der Waals surface area contributed by atoms with Crippen molar-refractivity contribution in [2.75, 3.05) is 5.73 Å². The molecule has 1 heterocycles. The lowest BCUT2D eigenvalue weighted by Gasteiger charge is -2.09. The molecule has 0 atom stereocenters. The summed E-state index contributed by atoms with van der Waals surface area (Å²) in [6.45, 7) is 2.55. The molecule has 2 aromatic carbocycles. The van der Waals surface area contributed by atoms with Gasteiger partial charge in [-0.05, 0) is 48.7 Å². The molecule has 0 aliphatic heterocycles. The number of nitrogen functional groups attached to an aromatic ring is 1. The summed E-state index contributed by atoms with van der Waals surface area (Å²) in [7, 11) is 0. The molecule has 0 aliphatic carbocycles. The van der Waals surface area contributed by atoms with E-state index in [4.69, 9.17) is 17.3 Å². The van der Waals surface area contributed by atoms with Crippen LogP contribution in [0.4, 0.5) is 10.3 Å². The van der Waals surface area contributed by atoms with E-state index < -0.39 is 0 Å². The highest BCUT2D eigenvalue weighted by molar-refractivity contribution is 6.35. The van der Waals surface area contributed by atoms with Crippen LogP contribution in [0.25, 0.3) is 11.0 Å². The Bertz CT molecular complexity index is 811. The minimum Gasteiger partial charge on any atom is -0.369 e. The van der Waals surface area contributed by atoms with Gasteiger partial charge in [0.15, 0.2) is 0 Å². The lowest BCUT2D eigenvalue weighted by Crippen LogP contribution is -2.06. The Kier molecular flexibility index (Phi) is 3.55. The number of fused-ring (bicyclic) bond motifs is 1. The van der Waals surface area contributed by atoms with Crippen LogP contribution in [0.2, 0.25) is 5.02 Å². The Labute approximate surface area is 127 Å². The van der Waals surface area contributed by atoms with Crippen molar-refractivity contribution in [1.82, 2.24) is 9.55 Å². The molecule has 3 rings (SSSR count). The number of nitrogens with two attached hydrogens (primary N) is 1. The van der Waals surface area contributed by atoms with Crippen LogP contribution < -0.4 is 5.73 Å². The summed E-state index contributed by atoms with van der Waals surface area (Å²) in [4.78, 5) is 4.32. The first-order chi connectivity index (χ1) is 10.1. The molecule has 0 fully saturated rings. The fourth-order valence-electron chi connectivity index (χ4n) is 2.56. The van der Waals surface area contributed by atoms with Crippen molar-refractivity contribution in [3.05, 3.63) is 58.4 Å². The lowest BCUT2D eigenvalue weighted by molar-refractivity contribution is 0.624. The topological polar surface area (TPSA) is 43.8 Å². The molecule has 21 heavy (non-hydrogen) atoms. The molecule has 0 unspecified atom stereocenters. The Morgan fingerprint density at radius 1 is 1.29 bits per heavy atom. The highest BCUT2D eigenvalue weighted by Gasteiger charge is 2.11. The van der Waals surface area contributed by atoms with Crippen LogP contribution in [0, 0.1) is 12.7 Å². The number of imidazole rings is 1. The average molecular weight is 304 g/mol. The molecule has 5 heteroatoms. The second kappa shape index (κ2) is 5.37. The molecular weight excluding hydrogens is 289 g/mol. The summed E-state index contributed by atoms with van der Waals surface area (Å²) in [5.74, 6) is 0.227. The number of para-hydroxylation sites is 1. The number of aromatic nitrogens is 2. The Morgan fingerprint density at radius 3 is 2.86 bits per heavy atom. The van der Waals surface area contributed by atoms with Gasteiger partial charge >= 0.3 is 0 Å². The van der Waals surface area contributed by atoms with Gasteiger partial charge in [0.05, 0.1) is 16.1 Å². The third kappa shape index (κ3) is 2.59. The second-order valence-electron chi connectivity index (χ2n) is 5.05. The molecule has 1 aromatic heterocycles. The van der Waals surface area contributed by atoms with Gasteiger partial charge in [0.2, 0.25) is 5.95 Å². The molecule has 0 amide bonds. The highest BCUT2D eigenvalue weighted by atomic mass is 35.5. The normalized spacial score (nSPS) is 11.2. The fraction of sp³-hybridized carbons (Fsp3) is 0.188. The molecule has 0 saturated heterocycles. The zero-order valence-corrected chi connectivity index (χ0v) is 12.4. The molecule has 2 N–H and O–H groups in total. The van der Waals surface area contributed by atoms with Crippen molar-refractivity contribution < 1.29 is 4.39 Å². The molecule has 3 aromatic rings. The monoisotopic (exact) mass is 303 g/mol. The predicted octanol–water partition coefficient (Wildman–Crippen LogP) is 3.96. The zero-order valence-electron chi connectivity index (χ0n) is 11.6. The van der Waals surface area contributed by atoms with E-state index in [0.717, 1.165) is 28.6 Å². The Balaban J connectivity index is 1.93. The first-order valence-electron chi connectivity index (χ1n) is 6.71. The van der Waals surface area contributed by atoms with Crippen LogP contribution >= 0.6 is 11.6 Å². The van der Waals surface area contributed by atoms with E-state index in [9.17, 15) is 4.39 Å². The number of rotatable bonds is 3. The molecule has 0 aliphatic rings. The molecule has 0 spiro atoms. The van der Waals surface area contributed by atoms with Gasteiger partial charge in [-0.3, -0.25) is 0 Å². The van der Waals surface area contributed by atoms with Crippen LogP contribution in [-0.2, 0) is 13.0 Å². The zero-order chi connectivity index (χ0) is 15.0. The van der Waals surface area contributed by atoms with Gasteiger partial charge in [-0.25, -0.2) is 9.37 Å². The van der Waals surface area contributed by atoms with E-state index in [0.29, 0.717) is 17.5 Å². The number of aryl methyl sites for hydroxylation is 3. The standard InChI is InChI=1S/C16H15ClFN3/c1-10-9-12(18)6-5-11(10)7-8-21-15-13(17)3-2-4-14(15)20-16(21)19/h2-6,9H,7-8H2,1H3,(H2,19,20). The maximum atomic E-state index is 13.1. The average Bonchev–Trinajstić information content (AvgIpc) is 2.75. The van der Waals surface area contributed by atoms with E-state index in [2.05, 4.69) is 4.98 Å². The van der Waals surface area contributed by atoms with Crippen molar-refractivity contribution in [2.45, 2.75) is 19.9 Å². The molecule has 0 bridgehead atoms. The second-order valence-corrected chi connectivity index (χ2v) is 5.46. The Morgan fingerprint density at radius 2 is 2.10 bits per heavy atom. The third-order valence-corrected chi connectivity index (χ3v) is 3.96. The smallest absolute Gasteiger partial charge is 0.201 e. The molecule has 0 saturated carbocycles. The largest absolute Gasteiger partial charge is 0.369 e. The number of halogens is 2. The highest BCUT2D eigenvalue weighted by Crippen LogP contribution is 2.26. The van der Waals surface area contributed by atoms with Crippen molar-refractivity contribution in [1.29, 1.82) is 0 Å². The first-order valence-corrected chi connectivity index (χ1v) is 7.09. The summed E-state index contributed by atoms with van der Waals surface area (Å²) >= 11 is 6.24. The molecule has 0 radical (unpaired) electrons. The summed E-state index contributed by atoms with van der Waals surface area (Å²) in [5, 5.41) is 0.632. The van der Waals surface area contributed by atoms with Crippen LogP contribution in [0.3, 0.4) is 0 Å². The summed E-state index contributed by atoms with van der Waals surface area (Å²) < 4.78 is 15.0. The van der Waals surface area contributed by atoms with Gasteiger partial charge in [-0.1, -0.05) is 23.7 Å². The summed E-state index contributed by atoms with van der Waals surface area (Å²) in [6, 6.07) is 10.4. The maximum Gasteiger partial charge on any atom is 0.201 e. The SMILES string of the molecule is Cc1cc(F)ccc1CCn1c(N)nc2cccc(Cl)c21. The molecule has 108 valence electrons. The quantitative estimate of drug-likeness (QED) is 0.796. The van der Waals surface area contributed by atoms with E-state index in [1.54, 1.807) is 0 Å². The number of hydrogen-bond acceptors (Lipinski definition) is 2. The number of benzene rings is 2. The summed E-state index contributed by atoms with van der Waals surface area (Å²) in [6.07, 6.45) is 0.743. The minimum atomic E-state index is -0.216. The fourth-order valence-corrected chi connectivity index (χ4v) is 2.83. The third-order valence-electron chi connectivity index (χ3n) is 3.66. The van der Waals surface area contributed by atoms with Crippen LogP contribution in [0.5, 0.6) is 0 Å². The number of nitrogens with zero attached hydrogens (tertiary/aromatic N) is 2. The summed E-state index contributed by atoms with van der Waals surface area (Å²) in [5.41, 5.74) is 9.64. The number of anilines is 1. The predicted molar refractivity (Wildman–Crippen MR) is 84.0 cm³/mol. The van der Waals surface area contributed by atoms with Crippen molar-refractivity contribution in [2.24, 2.45) is 0 Å². The minimum absolute atomic E-state index is 0.216. The van der Waals surface area contributed by atoms with Crippen molar-refractivity contribution in [3.8, 4) is 0 Å². The van der Waals surface area contributed by atoms with E-state index in [1.807, 2.05) is 35.8 Å². The van der Waals surface area contributed by atoms with Crippen LogP contribution in [0.15, 0.2) is 36.4 Å². The van der Waals surface area contributed by atoms with Crippen LogP contribution in [-0.4, -0.2) is 9.55 Å². The molecular formula is C16H15ClFN3. The molecule has 3 nitrogen and oxygen atoms in total. The van der Waals surface area contributed by atoms with Gasteiger partial charge in [-0.2, -0.15) is 0 Å². The maximum absolute atomic E-state index is 13.1. The van der Waals surface area contributed by atoms with Gasteiger partial charge in [0.1, 0.15) is 5.82 Å². The van der Waals surface area contributed by atoms with E-state index in [-0.39, 0.29) is 5.82 Å². The van der Waals surface area contributed by atoms with E-state index in [1.165, 1.54) is 12.1 Å². The van der Waals surface area contributed by atoms with Gasteiger partial charge < -0.3 is 10.3 Å². The first kappa shape index (κ1) is 13.9. The van der Waals surface area contributed by atoms with Gasteiger partial charge in [0, 0.05) is 6.54 Å². The van der Waals surface area contributed by atoms with Crippen molar-refractivity contribution >= 4 is 28.6 Å². The number of hydrogen-bond donors (Lipinski definition) is 1. The van der Waals surface area contributed by atoms with Gasteiger partial charge in [-0.15, -0.1) is 0 Å². The Hall–Kier alpha value is -2.07. The van der Waals surface area contributed by atoms with E-state index >= 15 is 0 Å². The van der Waals surface area contributed by atoms with Gasteiger partial charge in [0.25, 0.3) is 0 Å². The lowest BCUT2D eigenvalue weighted by atomic mass is 10.1. The van der Waals surface area contributed by atoms with Crippen molar-refractivity contribution in [3.63, 3.8) is 0 Å².